The second kappa shape index (κ2) is 8.04. The summed E-state index contributed by atoms with van der Waals surface area (Å²) in [5, 5.41) is 19.9. The fraction of sp³-hybridized carbons (Fsp3) is 0.750. The molecule has 1 atom stereocenters. The van der Waals surface area contributed by atoms with Crippen LogP contribution in [-0.4, -0.2) is 45.6 Å². The number of carbonyl (C=O) groups excluding carboxylic acids is 1. The summed E-state index contributed by atoms with van der Waals surface area (Å²) >= 11 is 1.86. The van der Waals surface area contributed by atoms with E-state index in [4.69, 9.17) is 10.2 Å². The SMILES string of the molecule is O=C(O)CCC(NC(=O)CC1CCSCC1)C(=O)O. The van der Waals surface area contributed by atoms with E-state index in [2.05, 4.69) is 5.32 Å². The van der Waals surface area contributed by atoms with Crippen LogP contribution in [0.15, 0.2) is 0 Å². The van der Waals surface area contributed by atoms with Gasteiger partial charge in [-0.25, -0.2) is 4.79 Å². The predicted molar refractivity (Wildman–Crippen MR) is 71.1 cm³/mol. The Morgan fingerprint density at radius 1 is 1.21 bits per heavy atom. The van der Waals surface area contributed by atoms with Gasteiger partial charge in [-0.2, -0.15) is 11.8 Å². The van der Waals surface area contributed by atoms with Crippen LogP contribution in [0.4, 0.5) is 0 Å². The van der Waals surface area contributed by atoms with Crippen molar-refractivity contribution in [2.24, 2.45) is 5.92 Å². The quantitative estimate of drug-likeness (QED) is 0.645. The fourth-order valence-electron chi connectivity index (χ4n) is 1.99. The summed E-state index contributed by atoms with van der Waals surface area (Å²) in [5.74, 6) is -0.151. The highest BCUT2D eigenvalue weighted by atomic mass is 32.2. The maximum absolute atomic E-state index is 11.7. The molecule has 0 bridgehead atoms. The molecule has 0 aliphatic carbocycles. The molecule has 1 heterocycles. The summed E-state index contributed by atoms with van der Waals surface area (Å²) < 4.78 is 0. The van der Waals surface area contributed by atoms with Crippen molar-refractivity contribution in [3.63, 3.8) is 0 Å². The van der Waals surface area contributed by atoms with Crippen LogP contribution < -0.4 is 5.32 Å². The highest BCUT2D eigenvalue weighted by Gasteiger charge is 2.23. The van der Waals surface area contributed by atoms with Crippen LogP contribution >= 0.6 is 11.8 Å². The second-order valence-corrected chi connectivity index (χ2v) is 5.88. The molecular weight excluding hydrogens is 270 g/mol. The van der Waals surface area contributed by atoms with E-state index in [9.17, 15) is 14.4 Å². The van der Waals surface area contributed by atoms with Crippen molar-refractivity contribution in [1.29, 1.82) is 0 Å². The molecule has 7 heteroatoms. The van der Waals surface area contributed by atoms with Crippen molar-refractivity contribution in [3.8, 4) is 0 Å². The molecule has 0 aromatic heterocycles. The Hall–Kier alpha value is -1.24. The van der Waals surface area contributed by atoms with Crippen molar-refractivity contribution in [1.82, 2.24) is 5.32 Å². The highest BCUT2D eigenvalue weighted by molar-refractivity contribution is 7.99. The third-order valence-electron chi connectivity index (χ3n) is 3.10. The average molecular weight is 289 g/mol. The van der Waals surface area contributed by atoms with Gasteiger partial charge in [-0.3, -0.25) is 9.59 Å². The van der Waals surface area contributed by atoms with Crippen LogP contribution in [0.3, 0.4) is 0 Å². The molecule has 1 saturated heterocycles. The van der Waals surface area contributed by atoms with Gasteiger partial charge in [0.25, 0.3) is 0 Å². The molecule has 1 aliphatic heterocycles. The Balaban J connectivity index is 2.37. The molecular formula is C12H19NO5S. The maximum atomic E-state index is 11.7. The summed E-state index contributed by atoms with van der Waals surface area (Å²) in [6.07, 6.45) is 1.93. The van der Waals surface area contributed by atoms with E-state index in [0.717, 1.165) is 24.3 Å². The zero-order valence-corrected chi connectivity index (χ0v) is 11.4. The number of carbonyl (C=O) groups is 3. The van der Waals surface area contributed by atoms with E-state index >= 15 is 0 Å². The zero-order chi connectivity index (χ0) is 14.3. The van der Waals surface area contributed by atoms with Crippen LogP contribution in [0.2, 0.25) is 0 Å². The topological polar surface area (TPSA) is 104 Å². The Kier molecular flexibility index (Phi) is 6.69. The van der Waals surface area contributed by atoms with Crippen molar-refractivity contribution < 1.29 is 24.6 Å². The molecule has 3 N–H and O–H groups in total. The van der Waals surface area contributed by atoms with Gasteiger partial charge in [-0.05, 0) is 36.7 Å². The van der Waals surface area contributed by atoms with Crippen LogP contribution in [0.1, 0.15) is 32.1 Å². The van der Waals surface area contributed by atoms with Gasteiger partial charge >= 0.3 is 11.9 Å². The molecule has 0 spiro atoms. The van der Waals surface area contributed by atoms with Gasteiger partial charge in [-0.15, -0.1) is 0 Å². The lowest BCUT2D eigenvalue weighted by Gasteiger charge is -2.21. The molecule has 1 aliphatic rings. The minimum absolute atomic E-state index is 0.0864. The Morgan fingerprint density at radius 2 is 1.84 bits per heavy atom. The summed E-state index contributed by atoms with van der Waals surface area (Å²) in [6, 6.07) is -1.11. The van der Waals surface area contributed by atoms with Gasteiger partial charge in [0.05, 0.1) is 0 Å². The second-order valence-electron chi connectivity index (χ2n) is 4.65. The van der Waals surface area contributed by atoms with E-state index in [-0.39, 0.29) is 18.7 Å². The standard InChI is InChI=1S/C12H19NO5S/c14-10(7-8-3-5-19-6-4-8)13-9(12(17)18)1-2-11(15)16/h8-9H,1-7H2,(H,13,14)(H,15,16)(H,17,18). The van der Waals surface area contributed by atoms with E-state index in [1.807, 2.05) is 11.8 Å². The number of amides is 1. The lowest BCUT2D eigenvalue weighted by Crippen LogP contribution is -2.41. The summed E-state index contributed by atoms with van der Waals surface area (Å²) in [6.45, 7) is 0. The molecule has 1 fully saturated rings. The van der Waals surface area contributed by atoms with E-state index < -0.39 is 18.0 Å². The Morgan fingerprint density at radius 3 is 2.37 bits per heavy atom. The number of nitrogens with one attached hydrogen (secondary N) is 1. The van der Waals surface area contributed by atoms with Crippen molar-refractivity contribution in [2.45, 2.75) is 38.1 Å². The minimum atomic E-state index is -1.19. The van der Waals surface area contributed by atoms with Crippen LogP contribution in [0, 0.1) is 5.92 Å². The minimum Gasteiger partial charge on any atom is -0.481 e. The first-order valence-electron chi connectivity index (χ1n) is 6.30. The number of carboxylic acids is 2. The van der Waals surface area contributed by atoms with Gasteiger partial charge in [0.15, 0.2) is 0 Å². The number of rotatable bonds is 7. The van der Waals surface area contributed by atoms with E-state index in [1.54, 1.807) is 0 Å². The normalized spacial score (nSPS) is 17.7. The fourth-order valence-corrected chi connectivity index (χ4v) is 3.20. The molecule has 19 heavy (non-hydrogen) atoms. The van der Waals surface area contributed by atoms with Gasteiger partial charge in [0.2, 0.25) is 5.91 Å². The third kappa shape index (κ3) is 6.47. The lowest BCUT2D eigenvalue weighted by molar-refractivity contribution is -0.143. The van der Waals surface area contributed by atoms with Crippen LogP contribution in [0.5, 0.6) is 0 Å². The maximum Gasteiger partial charge on any atom is 0.326 e. The van der Waals surface area contributed by atoms with E-state index in [1.165, 1.54) is 0 Å². The zero-order valence-electron chi connectivity index (χ0n) is 10.6. The number of hydrogen-bond acceptors (Lipinski definition) is 4. The van der Waals surface area contributed by atoms with Crippen molar-refractivity contribution >= 4 is 29.6 Å². The van der Waals surface area contributed by atoms with Gasteiger partial charge < -0.3 is 15.5 Å². The first kappa shape index (κ1) is 15.8. The molecule has 0 aromatic rings. The molecule has 6 nitrogen and oxygen atoms in total. The van der Waals surface area contributed by atoms with Crippen LogP contribution in [0.25, 0.3) is 0 Å². The highest BCUT2D eigenvalue weighted by Crippen LogP contribution is 2.25. The van der Waals surface area contributed by atoms with Crippen molar-refractivity contribution in [2.75, 3.05) is 11.5 Å². The predicted octanol–water partition coefficient (Wildman–Crippen LogP) is 0.954. The Bertz CT molecular complexity index is 341. The number of aliphatic carboxylic acids is 2. The summed E-state index contributed by atoms with van der Waals surface area (Å²) in [4.78, 5) is 33.1. The van der Waals surface area contributed by atoms with Gasteiger partial charge in [0.1, 0.15) is 6.04 Å². The number of hydrogen-bond donors (Lipinski definition) is 3. The average Bonchev–Trinajstić information content (AvgIpc) is 2.35. The van der Waals surface area contributed by atoms with Crippen molar-refractivity contribution in [3.05, 3.63) is 0 Å². The first-order valence-corrected chi connectivity index (χ1v) is 7.46. The van der Waals surface area contributed by atoms with E-state index in [0.29, 0.717) is 12.3 Å². The van der Waals surface area contributed by atoms with Gasteiger partial charge in [-0.1, -0.05) is 0 Å². The molecule has 1 rings (SSSR count). The van der Waals surface area contributed by atoms with Gasteiger partial charge in [0, 0.05) is 12.8 Å². The monoisotopic (exact) mass is 289 g/mol. The third-order valence-corrected chi connectivity index (χ3v) is 4.14. The summed E-state index contributed by atoms with van der Waals surface area (Å²) in [7, 11) is 0. The summed E-state index contributed by atoms with van der Waals surface area (Å²) in [5.41, 5.74) is 0. The molecule has 108 valence electrons. The molecule has 0 saturated carbocycles. The molecule has 0 radical (unpaired) electrons. The smallest absolute Gasteiger partial charge is 0.326 e. The first-order chi connectivity index (χ1) is 8.99. The number of thioether (sulfide) groups is 1. The lowest BCUT2D eigenvalue weighted by atomic mass is 9.98. The molecule has 1 unspecified atom stereocenters. The number of carboxylic acid groups (broad SMARTS) is 2. The Labute approximate surface area is 115 Å². The van der Waals surface area contributed by atoms with Crippen LogP contribution in [-0.2, 0) is 14.4 Å². The molecule has 0 aromatic carbocycles. The molecule has 1 amide bonds. The largest absolute Gasteiger partial charge is 0.481 e.